The van der Waals surface area contributed by atoms with Crippen LogP contribution in [-0.4, -0.2) is 60.3 Å². The number of rotatable bonds is 7. The molecule has 2 aromatic carbocycles. The summed E-state index contributed by atoms with van der Waals surface area (Å²) in [6.45, 7) is 2.52. The molecular weight excluding hydrogens is 410 g/mol. The van der Waals surface area contributed by atoms with Gasteiger partial charge in [-0.15, -0.1) is 0 Å². The van der Waals surface area contributed by atoms with Crippen LogP contribution in [0.1, 0.15) is 10.4 Å². The molecule has 0 bridgehead atoms. The number of nitrogens with one attached hydrogen (secondary N) is 2. The Kier molecular flexibility index (Phi) is 7.03. The van der Waals surface area contributed by atoms with Crippen molar-refractivity contribution in [3.8, 4) is 0 Å². The third kappa shape index (κ3) is 5.56. The van der Waals surface area contributed by atoms with Crippen molar-refractivity contribution in [1.29, 1.82) is 0 Å². The Balaban J connectivity index is 1.53. The van der Waals surface area contributed by atoms with E-state index in [0.717, 1.165) is 18.8 Å². The van der Waals surface area contributed by atoms with Gasteiger partial charge in [0.2, 0.25) is 10.0 Å². The first-order valence-corrected chi connectivity index (χ1v) is 10.8. The lowest BCUT2D eigenvalue weighted by Gasteiger charge is -2.28. The average Bonchev–Trinajstić information content (AvgIpc) is 2.78. The summed E-state index contributed by atoms with van der Waals surface area (Å²) < 4.78 is 36.2. The first-order valence-electron chi connectivity index (χ1n) is 9.32. The van der Waals surface area contributed by atoms with E-state index in [4.69, 9.17) is 9.47 Å². The summed E-state index contributed by atoms with van der Waals surface area (Å²) in [6.07, 6.45) is 0. The van der Waals surface area contributed by atoms with Crippen molar-refractivity contribution >= 4 is 33.3 Å². The summed E-state index contributed by atoms with van der Waals surface area (Å²) in [6, 6.07) is 12.7. The van der Waals surface area contributed by atoms with Crippen LogP contribution in [0.3, 0.4) is 0 Å². The SMILES string of the molecule is CNS(=O)(=O)c1cccc(C(=O)OCC(=O)Nc2ccc(N3CCOCC3)cc2)c1. The molecule has 1 aliphatic heterocycles. The summed E-state index contributed by atoms with van der Waals surface area (Å²) >= 11 is 0. The largest absolute Gasteiger partial charge is 0.452 e. The maximum absolute atomic E-state index is 12.2. The molecule has 1 aliphatic rings. The van der Waals surface area contributed by atoms with E-state index in [-0.39, 0.29) is 10.5 Å². The molecule has 2 aromatic rings. The van der Waals surface area contributed by atoms with Gasteiger partial charge in [-0.1, -0.05) is 6.07 Å². The van der Waals surface area contributed by atoms with Gasteiger partial charge < -0.3 is 19.7 Å². The van der Waals surface area contributed by atoms with E-state index in [2.05, 4.69) is 14.9 Å². The molecule has 0 aliphatic carbocycles. The molecule has 0 atom stereocenters. The van der Waals surface area contributed by atoms with Crippen LogP contribution in [0.15, 0.2) is 53.4 Å². The van der Waals surface area contributed by atoms with Gasteiger partial charge in [0.15, 0.2) is 6.61 Å². The Hall–Kier alpha value is -2.95. The predicted molar refractivity (Wildman–Crippen MR) is 111 cm³/mol. The van der Waals surface area contributed by atoms with Crippen molar-refractivity contribution in [2.45, 2.75) is 4.90 Å². The standard InChI is InChI=1S/C20H23N3O6S/c1-21-30(26,27)18-4-2-3-15(13-18)20(25)29-14-19(24)22-16-5-7-17(8-6-16)23-9-11-28-12-10-23/h2-8,13,21H,9-12,14H2,1H3,(H,22,24). The zero-order valence-corrected chi connectivity index (χ0v) is 17.3. The Morgan fingerprint density at radius 1 is 1.10 bits per heavy atom. The van der Waals surface area contributed by atoms with Gasteiger partial charge in [-0.05, 0) is 49.5 Å². The number of carbonyl (C=O) groups is 2. The van der Waals surface area contributed by atoms with Gasteiger partial charge in [0.25, 0.3) is 5.91 Å². The van der Waals surface area contributed by atoms with E-state index in [1.165, 1.54) is 31.3 Å². The first-order chi connectivity index (χ1) is 14.4. The highest BCUT2D eigenvalue weighted by molar-refractivity contribution is 7.89. The number of anilines is 2. The molecule has 2 N–H and O–H groups in total. The highest BCUT2D eigenvalue weighted by Gasteiger charge is 2.16. The number of esters is 1. The van der Waals surface area contributed by atoms with Gasteiger partial charge in [-0.2, -0.15) is 0 Å². The van der Waals surface area contributed by atoms with Gasteiger partial charge in [-0.3, -0.25) is 4.79 Å². The quantitative estimate of drug-likeness (QED) is 0.631. The van der Waals surface area contributed by atoms with Crippen LogP contribution in [0, 0.1) is 0 Å². The highest BCUT2D eigenvalue weighted by Crippen LogP contribution is 2.19. The number of ether oxygens (including phenoxy) is 2. The summed E-state index contributed by atoms with van der Waals surface area (Å²) in [5, 5.41) is 2.66. The highest BCUT2D eigenvalue weighted by atomic mass is 32.2. The summed E-state index contributed by atoms with van der Waals surface area (Å²) in [5.74, 6) is -1.29. The van der Waals surface area contributed by atoms with Gasteiger partial charge in [0, 0.05) is 24.5 Å². The van der Waals surface area contributed by atoms with Gasteiger partial charge >= 0.3 is 5.97 Å². The second-order valence-corrected chi connectivity index (χ2v) is 8.39. The molecule has 10 heteroatoms. The van der Waals surface area contributed by atoms with Crippen molar-refractivity contribution in [2.24, 2.45) is 0 Å². The molecule has 0 spiro atoms. The minimum Gasteiger partial charge on any atom is -0.452 e. The van der Waals surface area contributed by atoms with E-state index in [0.29, 0.717) is 18.9 Å². The first kappa shape index (κ1) is 21.8. The van der Waals surface area contributed by atoms with Crippen LogP contribution in [0.5, 0.6) is 0 Å². The molecule has 1 saturated heterocycles. The zero-order valence-electron chi connectivity index (χ0n) is 16.5. The second-order valence-electron chi connectivity index (χ2n) is 6.51. The summed E-state index contributed by atoms with van der Waals surface area (Å²) in [5.41, 5.74) is 1.66. The fourth-order valence-electron chi connectivity index (χ4n) is 2.90. The monoisotopic (exact) mass is 433 g/mol. The van der Waals surface area contributed by atoms with E-state index < -0.39 is 28.5 Å². The lowest BCUT2D eigenvalue weighted by Crippen LogP contribution is -2.36. The smallest absolute Gasteiger partial charge is 0.338 e. The number of morpholine rings is 1. The minimum absolute atomic E-state index is 0.0361. The van der Waals surface area contributed by atoms with E-state index in [9.17, 15) is 18.0 Å². The number of benzene rings is 2. The Morgan fingerprint density at radius 2 is 1.80 bits per heavy atom. The normalized spacial score (nSPS) is 14.2. The van der Waals surface area contributed by atoms with Crippen LogP contribution >= 0.6 is 0 Å². The predicted octanol–water partition coefficient (Wildman–Crippen LogP) is 1.23. The number of nitrogens with zero attached hydrogens (tertiary/aromatic N) is 1. The zero-order chi connectivity index (χ0) is 21.6. The van der Waals surface area contributed by atoms with Crippen molar-refractivity contribution < 1.29 is 27.5 Å². The molecule has 30 heavy (non-hydrogen) atoms. The lowest BCUT2D eigenvalue weighted by atomic mass is 10.2. The minimum atomic E-state index is -3.69. The molecule has 0 radical (unpaired) electrons. The average molecular weight is 433 g/mol. The fraction of sp³-hybridized carbons (Fsp3) is 0.300. The van der Waals surface area contributed by atoms with Crippen LogP contribution in [0.4, 0.5) is 11.4 Å². The Labute approximate surface area is 175 Å². The van der Waals surface area contributed by atoms with Crippen molar-refractivity contribution in [2.75, 3.05) is 50.2 Å². The number of carbonyl (C=O) groups excluding carboxylic acids is 2. The molecule has 3 rings (SSSR count). The Morgan fingerprint density at radius 3 is 2.47 bits per heavy atom. The molecule has 1 fully saturated rings. The number of amides is 1. The summed E-state index contributed by atoms with van der Waals surface area (Å²) in [4.78, 5) is 26.4. The second kappa shape index (κ2) is 9.70. The van der Waals surface area contributed by atoms with Crippen molar-refractivity contribution in [1.82, 2.24) is 4.72 Å². The Bertz CT molecular complexity index is 1000. The number of hydrogen-bond donors (Lipinski definition) is 2. The molecule has 0 unspecified atom stereocenters. The molecule has 0 aromatic heterocycles. The molecule has 160 valence electrons. The summed E-state index contributed by atoms with van der Waals surface area (Å²) in [7, 11) is -2.41. The fourth-order valence-corrected chi connectivity index (χ4v) is 3.67. The lowest BCUT2D eigenvalue weighted by molar-refractivity contribution is -0.119. The van der Waals surface area contributed by atoms with E-state index in [1.807, 2.05) is 12.1 Å². The van der Waals surface area contributed by atoms with Gasteiger partial charge in [0.05, 0.1) is 23.7 Å². The third-order valence-electron chi connectivity index (χ3n) is 4.51. The van der Waals surface area contributed by atoms with Crippen LogP contribution < -0.4 is 14.9 Å². The van der Waals surface area contributed by atoms with Crippen LogP contribution in [0.25, 0.3) is 0 Å². The number of sulfonamides is 1. The maximum atomic E-state index is 12.2. The third-order valence-corrected chi connectivity index (χ3v) is 5.92. The van der Waals surface area contributed by atoms with E-state index >= 15 is 0 Å². The molecule has 1 amide bonds. The van der Waals surface area contributed by atoms with Crippen LogP contribution in [0.2, 0.25) is 0 Å². The number of hydrogen-bond acceptors (Lipinski definition) is 7. The molecular formula is C20H23N3O6S. The van der Waals surface area contributed by atoms with Gasteiger partial charge in [-0.25, -0.2) is 17.9 Å². The topological polar surface area (TPSA) is 114 Å². The van der Waals surface area contributed by atoms with Gasteiger partial charge in [0.1, 0.15) is 0 Å². The van der Waals surface area contributed by atoms with Crippen molar-refractivity contribution in [3.63, 3.8) is 0 Å². The van der Waals surface area contributed by atoms with E-state index in [1.54, 1.807) is 12.1 Å². The molecule has 1 heterocycles. The van der Waals surface area contributed by atoms with Crippen LogP contribution in [-0.2, 0) is 24.3 Å². The molecule has 9 nitrogen and oxygen atoms in total. The van der Waals surface area contributed by atoms with Crippen molar-refractivity contribution in [3.05, 3.63) is 54.1 Å². The maximum Gasteiger partial charge on any atom is 0.338 e. The molecule has 0 saturated carbocycles.